The molecule has 84 valence electrons. The van der Waals surface area contributed by atoms with Crippen molar-refractivity contribution in [1.82, 2.24) is 0 Å². The van der Waals surface area contributed by atoms with E-state index in [1.165, 1.54) is 0 Å². The van der Waals surface area contributed by atoms with Crippen LogP contribution in [0.3, 0.4) is 0 Å². The fourth-order valence-electron chi connectivity index (χ4n) is 1.55. The minimum Gasteiger partial charge on any atom is -0.486 e. The Hall–Kier alpha value is -1.97. The zero-order chi connectivity index (χ0) is 11.5. The van der Waals surface area contributed by atoms with Gasteiger partial charge in [0.15, 0.2) is 11.5 Å². The van der Waals surface area contributed by atoms with E-state index in [0.717, 1.165) is 23.0 Å². The SMILES string of the molecule is Cc1cc2c(cc1/C=C/C(=O)O)OCCO2. The summed E-state index contributed by atoms with van der Waals surface area (Å²) in [5, 5.41) is 8.56. The summed E-state index contributed by atoms with van der Waals surface area (Å²) in [7, 11) is 0. The maximum Gasteiger partial charge on any atom is 0.328 e. The number of benzene rings is 1. The number of rotatable bonds is 2. The molecule has 0 bridgehead atoms. The molecule has 4 nitrogen and oxygen atoms in total. The molecule has 4 heteroatoms. The third kappa shape index (κ3) is 2.16. The lowest BCUT2D eigenvalue weighted by Crippen LogP contribution is -2.15. The van der Waals surface area contributed by atoms with E-state index >= 15 is 0 Å². The third-order valence-electron chi connectivity index (χ3n) is 2.34. The van der Waals surface area contributed by atoms with Crippen molar-refractivity contribution < 1.29 is 19.4 Å². The van der Waals surface area contributed by atoms with E-state index in [1.807, 2.05) is 13.0 Å². The van der Waals surface area contributed by atoms with Crippen LogP contribution in [0.4, 0.5) is 0 Å². The molecule has 0 unspecified atom stereocenters. The second-order valence-electron chi connectivity index (χ2n) is 3.52. The Bertz CT molecular complexity index is 449. The Labute approximate surface area is 93.1 Å². The smallest absolute Gasteiger partial charge is 0.328 e. The van der Waals surface area contributed by atoms with Gasteiger partial charge in [-0.3, -0.25) is 0 Å². The molecule has 16 heavy (non-hydrogen) atoms. The topological polar surface area (TPSA) is 55.8 Å². The zero-order valence-corrected chi connectivity index (χ0v) is 8.90. The number of aliphatic carboxylic acids is 1. The van der Waals surface area contributed by atoms with Crippen LogP contribution in [0.2, 0.25) is 0 Å². The van der Waals surface area contributed by atoms with Crippen molar-refractivity contribution in [1.29, 1.82) is 0 Å². The van der Waals surface area contributed by atoms with Crippen LogP contribution in [0.25, 0.3) is 6.08 Å². The Morgan fingerprint density at radius 2 is 1.94 bits per heavy atom. The van der Waals surface area contributed by atoms with Crippen molar-refractivity contribution >= 4 is 12.0 Å². The van der Waals surface area contributed by atoms with Gasteiger partial charge in [0.25, 0.3) is 0 Å². The number of carboxylic acid groups (broad SMARTS) is 1. The molecular weight excluding hydrogens is 208 g/mol. The Kier molecular flexibility index (Phi) is 2.81. The van der Waals surface area contributed by atoms with E-state index in [1.54, 1.807) is 12.1 Å². The number of hydrogen-bond acceptors (Lipinski definition) is 3. The highest BCUT2D eigenvalue weighted by Gasteiger charge is 2.12. The van der Waals surface area contributed by atoms with E-state index in [4.69, 9.17) is 14.6 Å². The van der Waals surface area contributed by atoms with Crippen LogP contribution < -0.4 is 9.47 Å². The number of aryl methyl sites for hydroxylation is 1. The molecule has 0 fully saturated rings. The van der Waals surface area contributed by atoms with Crippen LogP contribution in [0.5, 0.6) is 11.5 Å². The lowest BCUT2D eigenvalue weighted by Gasteiger charge is -2.19. The largest absolute Gasteiger partial charge is 0.486 e. The van der Waals surface area contributed by atoms with Gasteiger partial charge in [-0.15, -0.1) is 0 Å². The number of carbonyl (C=O) groups is 1. The molecule has 1 N–H and O–H groups in total. The van der Waals surface area contributed by atoms with Gasteiger partial charge < -0.3 is 14.6 Å². The summed E-state index contributed by atoms with van der Waals surface area (Å²) in [6, 6.07) is 3.65. The molecule has 0 aliphatic carbocycles. The highest BCUT2D eigenvalue weighted by atomic mass is 16.6. The van der Waals surface area contributed by atoms with Gasteiger partial charge >= 0.3 is 5.97 Å². The van der Waals surface area contributed by atoms with Crippen LogP contribution in [0.1, 0.15) is 11.1 Å². The molecule has 2 rings (SSSR count). The number of ether oxygens (including phenoxy) is 2. The maximum absolute atomic E-state index is 10.4. The minimum absolute atomic E-state index is 0.526. The summed E-state index contributed by atoms with van der Waals surface area (Å²) < 4.78 is 10.8. The molecule has 0 spiro atoms. The van der Waals surface area contributed by atoms with E-state index in [-0.39, 0.29) is 0 Å². The first-order chi connectivity index (χ1) is 7.66. The molecule has 0 radical (unpaired) electrons. The normalized spacial score (nSPS) is 14.1. The van der Waals surface area contributed by atoms with E-state index in [9.17, 15) is 4.79 Å². The molecule has 0 amide bonds. The highest BCUT2D eigenvalue weighted by molar-refractivity contribution is 5.85. The second-order valence-corrected chi connectivity index (χ2v) is 3.52. The van der Waals surface area contributed by atoms with Crippen LogP contribution in [-0.4, -0.2) is 24.3 Å². The number of carboxylic acids is 1. The Morgan fingerprint density at radius 3 is 2.56 bits per heavy atom. The van der Waals surface area contributed by atoms with Gasteiger partial charge in [0.05, 0.1) is 0 Å². The lowest BCUT2D eigenvalue weighted by atomic mass is 10.1. The van der Waals surface area contributed by atoms with Crippen molar-refractivity contribution in [3.63, 3.8) is 0 Å². The monoisotopic (exact) mass is 220 g/mol. The first-order valence-corrected chi connectivity index (χ1v) is 4.98. The fourth-order valence-corrected chi connectivity index (χ4v) is 1.55. The minimum atomic E-state index is -0.964. The van der Waals surface area contributed by atoms with Crippen molar-refractivity contribution in [2.24, 2.45) is 0 Å². The standard InChI is InChI=1S/C12H12O4/c1-8-6-10-11(16-5-4-15-10)7-9(8)2-3-12(13)14/h2-3,6-7H,4-5H2,1H3,(H,13,14)/b3-2+. The van der Waals surface area contributed by atoms with Gasteiger partial charge in [-0.1, -0.05) is 0 Å². The van der Waals surface area contributed by atoms with Crippen LogP contribution in [0, 0.1) is 6.92 Å². The molecule has 0 saturated carbocycles. The van der Waals surface area contributed by atoms with Crippen LogP contribution in [0.15, 0.2) is 18.2 Å². The van der Waals surface area contributed by atoms with E-state index < -0.39 is 5.97 Å². The summed E-state index contributed by atoms with van der Waals surface area (Å²) in [5.41, 5.74) is 1.79. The predicted octanol–water partition coefficient (Wildman–Crippen LogP) is 1.86. The second kappa shape index (κ2) is 4.26. The van der Waals surface area contributed by atoms with Crippen molar-refractivity contribution in [2.75, 3.05) is 13.2 Å². The zero-order valence-electron chi connectivity index (χ0n) is 8.90. The summed E-state index contributed by atoms with van der Waals surface area (Å²) >= 11 is 0. The Balaban J connectivity index is 2.35. The van der Waals surface area contributed by atoms with Gasteiger partial charge in [-0.25, -0.2) is 4.79 Å². The summed E-state index contributed by atoms with van der Waals surface area (Å²) in [4.78, 5) is 10.4. The summed E-state index contributed by atoms with van der Waals surface area (Å²) in [6.07, 6.45) is 2.66. The molecule has 0 saturated heterocycles. The Morgan fingerprint density at radius 1 is 1.31 bits per heavy atom. The van der Waals surface area contributed by atoms with Gasteiger partial charge in [0, 0.05) is 6.08 Å². The van der Waals surface area contributed by atoms with Crippen LogP contribution >= 0.6 is 0 Å². The summed E-state index contributed by atoms with van der Waals surface area (Å²) in [6.45, 7) is 2.98. The molecule has 1 aliphatic rings. The first kappa shape index (κ1) is 10.5. The van der Waals surface area contributed by atoms with Crippen molar-refractivity contribution in [3.05, 3.63) is 29.3 Å². The average molecular weight is 220 g/mol. The van der Waals surface area contributed by atoms with E-state index in [2.05, 4.69) is 0 Å². The van der Waals surface area contributed by atoms with Gasteiger partial charge in [-0.05, 0) is 36.3 Å². The molecule has 1 aliphatic heterocycles. The molecule has 1 aromatic carbocycles. The van der Waals surface area contributed by atoms with Gasteiger partial charge in [0.1, 0.15) is 13.2 Å². The fraction of sp³-hybridized carbons (Fsp3) is 0.250. The quantitative estimate of drug-likeness (QED) is 0.773. The number of hydrogen-bond donors (Lipinski definition) is 1. The maximum atomic E-state index is 10.4. The highest BCUT2D eigenvalue weighted by Crippen LogP contribution is 2.33. The molecule has 1 aromatic rings. The summed E-state index contributed by atoms with van der Waals surface area (Å²) in [5.74, 6) is 0.424. The molecule has 1 heterocycles. The van der Waals surface area contributed by atoms with Gasteiger partial charge in [-0.2, -0.15) is 0 Å². The van der Waals surface area contributed by atoms with Crippen LogP contribution in [-0.2, 0) is 4.79 Å². The molecule has 0 aromatic heterocycles. The first-order valence-electron chi connectivity index (χ1n) is 4.98. The van der Waals surface area contributed by atoms with Crippen molar-refractivity contribution in [2.45, 2.75) is 6.92 Å². The average Bonchev–Trinajstić information content (AvgIpc) is 2.26. The molecule has 0 atom stereocenters. The predicted molar refractivity (Wildman–Crippen MR) is 58.8 cm³/mol. The van der Waals surface area contributed by atoms with Crippen molar-refractivity contribution in [3.8, 4) is 11.5 Å². The van der Waals surface area contributed by atoms with Gasteiger partial charge in [0.2, 0.25) is 0 Å². The number of fused-ring (bicyclic) bond motifs is 1. The lowest BCUT2D eigenvalue weighted by molar-refractivity contribution is -0.131. The van der Waals surface area contributed by atoms with E-state index in [0.29, 0.717) is 19.0 Å². The molecular formula is C12H12O4. The third-order valence-corrected chi connectivity index (χ3v) is 2.34.